The number of benzene rings is 1. The number of hydrogen-bond donors (Lipinski definition) is 1. The Kier molecular flexibility index (Phi) is 5.06. The predicted molar refractivity (Wildman–Crippen MR) is 92.4 cm³/mol. The van der Waals surface area contributed by atoms with Crippen LogP contribution in [0, 0.1) is 0 Å². The van der Waals surface area contributed by atoms with Gasteiger partial charge in [0.15, 0.2) is 6.10 Å². The maximum absolute atomic E-state index is 12.4. The van der Waals surface area contributed by atoms with E-state index in [9.17, 15) is 19.2 Å². The van der Waals surface area contributed by atoms with Gasteiger partial charge in [-0.1, -0.05) is 25.0 Å². The fourth-order valence-electron chi connectivity index (χ4n) is 3.38. The van der Waals surface area contributed by atoms with Gasteiger partial charge in [0.1, 0.15) is 6.04 Å². The minimum atomic E-state index is -1.11. The molecule has 138 valence electrons. The van der Waals surface area contributed by atoms with E-state index in [-0.39, 0.29) is 23.1 Å². The highest BCUT2D eigenvalue weighted by Crippen LogP contribution is 2.25. The van der Waals surface area contributed by atoms with Gasteiger partial charge >= 0.3 is 5.97 Å². The normalized spacial score (nSPS) is 19.2. The Morgan fingerprint density at radius 2 is 1.62 bits per heavy atom. The highest BCUT2D eigenvalue weighted by molar-refractivity contribution is 6.22. The second-order valence-corrected chi connectivity index (χ2v) is 6.77. The molecule has 1 N–H and O–H groups in total. The Bertz CT molecular complexity index is 719. The van der Waals surface area contributed by atoms with Crippen LogP contribution in [-0.4, -0.2) is 46.8 Å². The van der Waals surface area contributed by atoms with Crippen LogP contribution < -0.4 is 5.32 Å². The second-order valence-electron chi connectivity index (χ2n) is 6.77. The summed E-state index contributed by atoms with van der Waals surface area (Å²) in [6, 6.07) is 5.43. The molecule has 1 heterocycles. The molecule has 1 saturated carbocycles. The Morgan fingerprint density at radius 3 is 2.15 bits per heavy atom. The second kappa shape index (κ2) is 7.27. The third-order valence-electron chi connectivity index (χ3n) is 4.92. The first-order chi connectivity index (χ1) is 12.4. The molecule has 2 unspecified atom stereocenters. The summed E-state index contributed by atoms with van der Waals surface area (Å²) in [5, 5.41) is 2.86. The fourth-order valence-corrected chi connectivity index (χ4v) is 3.38. The Balaban J connectivity index is 1.62. The third kappa shape index (κ3) is 3.34. The van der Waals surface area contributed by atoms with Crippen molar-refractivity contribution in [1.29, 1.82) is 0 Å². The molecule has 2 aliphatic rings. The van der Waals surface area contributed by atoms with Crippen molar-refractivity contribution in [2.75, 3.05) is 0 Å². The SMILES string of the molecule is CC(OC(=O)C(C)N1C(=O)c2ccccc2C1=O)C(=O)NC1CCCC1. The summed E-state index contributed by atoms with van der Waals surface area (Å²) in [5.41, 5.74) is 0.536. The topological polar surface area (TPSA) is 92.8 Å². The first-order valence-electron chi connectivity index (χ1n) is 8.88. The van der Waals surface area contributed by atoms with Crippen LogP contribution in [0.5, 0.6) is 0 Å². The van der Waals surface area contributed by atoms with E-state index in [0.29, 0.717) is 0 Å². The van der Waals surface area contributed by atoms with Crippen molar-refractivity contribution in [3.05, 3.63) is 35.4 Å². The number of carbonyl (C=O) groups is 4. The van der Waals surface area contributed by atoms with Gasteiger partial charge in [0.05, 0.1) is 11.1 Å². The van der Waals surface area contributed by atoms with Gasteiger partial charge in [0, 0.05) is 6.04 Å². The Hall–Kier alpha value is -2.70. The zero-order chi connectivity index (χ0) is 18.8. The lowest BCUT2D eigenvalue weighted by atomic mass is 10.1. The third-order valence-corrected chi connectivity index (χ3v) is 4.92. The molecule has 3 amide bonds. The van der Waals surface area contributed by atoms with Crippen molar-refractivity contribution in [2.45, 2.75) is 57.7 Å². The van der Waals surface area contributed by atoms with Crippen LogP contribution in [0.15, 0.2) is 24.3 Å². The zero-order valence-corrected chi connectivity index (χ0v) is 14.9. The number of nitrogens with one attached hydrogen (secondary N) is 1. The van der Waals surface area contributed by atoms with Crippen LogP contribution in [0.4, 0.5) is 0 Å². The lowest BCUT2D eigenvalue weighted by molar-refractivity contribution is -0.158. The van der Waals surface area contributed by atoms with E-state index in [0.717, 1.165) is 30.6 Å². The summed E-state index contributed by atoms with van der Waals surface area (Å²) >= 11 is 0. The fraction of sp³-hybridized carbons (Fsp3) is 0.474. The monoisotopic (exact) mass is 358 g/mol. The molecule has 1 aromatic rings. The largest absolute Gasteiger partial charge is 0.451 e. The molecule has 26 heavy (non-hydrogen) atoms. The van der Waals surface area contributed by atoms with Crippen LogP contribution in [0.25, 0.3) is 0 Å². The predicted octanol–water partition coefficient (Wildman–Crippen LogP) is 1.66. The van der Waals surface area contributed by atoms with Gasteiger partial charge in [-0.05, 0) is 38.8 Å². The molecular formula is C19H22N2O5. The summed E-state index contributed by atoms with van der Waals surface area (Å²) in [4.78, 5) is 50.3. The number of rotatable bonds is 5. The van der Waals surface area contributed by atoms with E-state index in [1.807, 2.05) is 0 Å². The molecule has 1 aliphatic carbocycles. The molecular weight excluding hydrogens is 336 g/mol. The summed E-state index contributed by atoms with van der Waals surface area (Å²) < 4.78 is 5.20. The van der Waals surface area contributed by atoms with Crippen molar-refractivity contribution in [1.82, 2.24) is 10.2 Å². The standard InChI is InChI=1S/C19H22N2O5/c1-11(21-17(23)14-9-5-6-10-15(14)18(21)24)19(25)26-12(2)16(22)20-13-7-3-4-8-13/h5-6,9-13H,3-4,7-8H2,1-2H3,(H,20,22). The Morgan fingerprint density at radius 1 is 1.08 bits per heavy atom. The summed E-state index contributed by atoms with van der Waals surface area (Å²) in [6.07, 6.45) is 3.03. The van der Waals surface area contributed by atoms with Crippen molar-refractivity contribution in [3.8, 4) is 0 Å². The van der Waals surface area contributed by atoms with Gasteiger partial charge in [-0.3, -0.25) is 19.3 Å². The molecule has 3 rings (SSSR count). The number of hydrogen-bond acceptors (Lipinski definition) is 5. The highest BCUT2D eigenvalue weighted by atomic mass is 16.5. The molecule has 0 radical (unpaired) electrons. The molecule has 0 bridgehead atoms. The van der Waals surface area contributed by atoms with Crippen molar-refractivity contribution >= 4 is 23.7 Å². The number of esters is 1. The molecule has 0 aromatic heterocycles. The van der Waals surface area contributed by atoms with Gasteiger partial charge in [0.2, 0.25) is 0 Å². The van der Waals surface area contributed by atoms with Gasteiger partial charge in [-0.25, -0.2) is 4.79 Å². The van der Waals surface area contributed by atoms with Gasteiger partial charge < -0.3 is 10.1 Å². The maximum atomic E-state index is 12.4. The number of nitrogens with zero attached hydrogens (tertiary/aromatic N) is 1. The number of imide groups is 1. The highest BCUT2D eigenvalue weighted by Gasteiger charge is 2.41. The molecule has 1 aromatic carbocycles. The number of ether oxygens (including phenoxy) is 1. The van der Waals surface area contributed by atoms with Crippen molar-refractivity contribution in [3.63, 3.8) is 0 Å². The molecule has 1 aliphatic heterocycles. The zero-order valence-electron chi connectivity index (χ0n) is 14.9. The van der Waals surface area contributed by atoms with E-state index in [1.54, 1.807) is 24.3 Å². The molecule has 0 saturated heterocycles. The van der Waals surface area contributed by atoms with E-state index in [2.05, 4.69) is 5.32 Å². The van der Waals surface area contributed by atoms with Gasteiger partial charge in [0.25, 0.3) is 17.7 Å². The summed E-state index contributed by atoms with van der Waals surface area (Å²) in [7, 11) is 0. The van der Waals surface area contributed by atoms with E-state index < -0.39 is 29.9 Å². The molecule has 7 heteroatoms. The van der Waals surface area contributed by atoms with Crippen LogP contribution in [-0.2, 0) is 14.3 Å². The average molecular weight is 358 g/mol. The van der Waals surface area contributed by atoms with Crippen molar-refractivity contribution < 1.29 is 23.9 Å². The van der Waals surface area contributed by atoms with E-state index in [1.165, 1.54) is 13.8 Å². The van der Waals surface area contributed by atoms with Crippen LogP contribution in [0.1, 0.15) is 60.2 Å². The minimum absolute atomic E-state index is 0.123. The molecule has 7 nitrogen and oxygen atoms in total. The average Bonchev–Trinajstić information content (AvgIpc) is 3.22. The lowest BCUT2D eigenvalue weighted by Gasteiger charge is -2.23. The van der Waals surface area contributed by atoms with Gasteiger partial charge in [-0.2, -0.15) is 0 Å². The Labute approximate surface area is 151 Å². The first-order valence-corrected chi connectivity index (χ1v) is 8.88. The first kappa shape index (κ1) is 18.1. The summed E-state index contributed by atoms with van der Waals surface area (Å²) in [6.45, 7) is 2.91. The molecule has 2 atom stereocenters. The summed E-state index contributed by atoms with van der Waals surface area (Å²) in [5.74, 6) is -2.20. The lowest BCUT2D eigenvalue weighted by Crippen LogP contribution is -2.47. The van der Waals surface area contributed by atoms with Gasteiger partial charge in [-0.15, -0.1) is 0 Å². The number of amides is 3. The number of fused-ring (bicyclic) bond motifs is 1. The van der Waals surface area contributed by atoms with Crippen LogP contribution in [0.3, 0.4) is 0 Å². The maximum Gasteiger partial charge on any atom is 0.329 e. The smallest absolute Gasteiger partial charge is 0.329 e. The minimum Gasteiger partial charge on any atom is -0.451 e. The van der Waals surface area contributed by atoms with Crippen LogP contribution >= 0.6 is 0 Å². The number of carbonyl (C=O) groups excluding carboxylic acids is 4. The van der Waals surface area contributed by atoms with E-state index >= 15 is 0 Å². The van der Waals surface area contributed by atoms with Crippen LogP contribution in [0.2, 0.25) is 0 Å². The van der Waals surface area contributed by atoms with E-state index in [4.69, 9.17) is 4.74 Å². The van der Waals surface area contributed by atoms with Crippen molar-refractivity contribution in [2.24, 2.45) is 0 Å². The quantitative estimate of drug-likeness (QED) is 0.638. The molecule has 0 spiro atoms. The molecule has 1 fully saturated rings.